The van der Waals surface area contributed by atoms with E-state index in [4.69, 9.17) is 4.99 Å². The Hall–Kier alpha value is -1.62. The summed E-state index contributed by atoms with van der Waals surface area (Å²) in [6, 6.07) is 5.09. The van der Waals surface area contributed by atoms with E-state index >= 15 is 0 Å². The summed E-state index contributed by atoms with van der Waals surface area (Å²) in [4.78, 5) is 11.7. The molecule has 1 fully saturated rings. The molecular formula is C18H31N5. The van der Waals surface area contributed by atoms with Gasteiger partial charge >= 0.3 is 0 Å². The van der Waals surface area contributed by atoms with Crippen LogP contribution in [0.25, 0.3) is 0 Å². The lowest BCUT2D eigenvalue weighted by molar-refractivity contribution is 0.265. The molecule has 2 N–H and O–H groups in total. The van der Waals surface area contributed by atoms with E-state index in [1.54, 1.807) is 0 Å². The molecule has 1 aliphatic rings. The average molecular weight is 317 g/mol. The van der Waals surface area contributed by atoms with Crippen molar-refractivity contribution in [1.29, 1.82) is 0 Å². The Morgan fingerprint density at radius 2 is 2.22 bits per heavy atom. The third-order valence-electron chi connectivity index (χ3n) is 4.54. The molecular weight excluding hydrogens is 286 g/mol. The molecule has 0 radical (unpaired) electrons. The lowest BCUT2D eigenvalue weighted by Gasteiger charge is -2.22. The third-order valence-corrected chi connectivity index (χ3v) is 4.54. The van der Waals surface area contributed by atoms with Gasteiger partial charge in [0.05, 0.1) is 12.2 Å². The van der Waals surface area contributed by atoms with Gasteiger partial charge in [-0.2, -0.15) is 0 Å². The van der Waals surface area contributed by atoms with Crippen LogP contribution in [0.2, 0.25) is 0 Å². The van der Waals surface area contributed by atoms with Gasteiger partial charge in [-0.15, -0.1) is 0 Å². The van der Waals surface area contributed by atoms with Crippen molar-refractivity contribution < 1.29 is 0 Å². The van der Waals surface area contributed by atoms with Crippen LogP contribution in [0.4, 0.5) is 0 Å². The fourth-order valence-corrected chi connectivity index (χ4v) is 2.95. The van der Waals surface area contributed by atoms with Crippen LogP contribution < -0.4 is 10.6 Å². The van der Waals surface area contributed by atoms with Gasteiger partial charge in [-0.3, -0.25) is 9.88 Å². The number of nitrogens with one attached hydrogen (secondary N) is 2. The first kappa shape index (κ1) is 17.7. The van der Waals surface area contributed by atoms with Crippen molar-refractivity contribution in [3.63, 3.8) is 0 Å². The number of aromatic nitrogens is 1. The minimum atomic E-state index is 0.444. The van der Waals surface area contributed by atoms with E-state index in [0.717, 1.165) is 31.3 Å². The molecule has 2 heterocycles. The molecule has 1 aromatic heterocycles. The molecule has 0 aliphatic carbocycles. The second-order valence-corrected chi connectivity index (χ2v) is 6.74. The van der Waals surface area contributed by atoms with Crippen molar-refractivity contribution in [2.24, 2.45) is 10.9 Å². The first-order valence-electron chi connectivity index (χ1n) is 8.70. The van der Waals surface area contributed by atoms with Gasteiger partial charge in [0.25, 0.3) is 0 Å². The topological polar surface area (TPSA) is 52.6 Å². The Balaban J connectivity index is 2.01. The van der Waals surface area contributed by atoms with Gasteiger partial charge in [-0.05, 0) is 45.2 Å². The summed E-state index contributed by atoms with van der Waals surface area (Å²) >= 11 is 0. The largest absolute Gasteiger partial charge is 0.357 e. The Bertz CT molecular complexity index is 526. The van der Waals surface area contributed by atoms with Crippen LogP contribution in [0.1, 0.15) is 39.0 Å². The van der Waals surface area contributed by atoms with E-state index in [9.17, 15) is 0 Å². The average Bonchev–Trinajstić information content (AvgIpc) is 2.88. The zero-order chi connectivity index (χ0) is 16.8. The predicted molar refractivity (Wildman–Crippen MR) is 96.6 cm³/mol. The number of guanidine groups is 1. The molecule has 2 rings (SSSR count). The van der Waals surface area contributed by atoms with Gasteiger partial charge in [0.2, 0.25) is 0 Å². The highest BCUT2D eigenvalue weighted by atomic mass is 15.3. The lowest BCUT2D eigenvalue weighted by atomic mass is 10.1. The molecule has 2 atom stereocenters. The zero-order valence-corrected chi connectivity index (χ0v) is 15.1. The first-order valence-corrected chi connectivity index (χ1v) is 8.70. The Morgan fingerprint density at radius 1 is 1.43 bits per heavy atom. The third kappa shape index (κ3) is 4.93. The van der Waals surface area contributed by atoms with E-state index < -0.39 is 0 Å². The highest BCUT2D eigenvalue weighted by Gasteiger charge is 2.31. The Labute approximate surface area is 140 Å². The van der Waals surface area contributed by atoms with Gasteiger partial charge < -0.3 is 10.6 Å². The number of nitrogens with zero attached hydrogens (tertiary/aromatic N) is 3. The number of aryl methyl sites for hydroxylation is 1. The van der Waals surface area contributed by atoms with Gasteiger partial charge in [0, 0.05) is 37.9 Å². The van der Waals surface area contributed by atoms with Gasteiger partial charge in [0.15, 0.2) is 5.96 Å². The summed E-state index contributed by atoms with van der Waals surface area (Å²) in [7, 11) is 0. The molecule has 0 aromatic carbocycles. The number of likely N-dealkylation sites (tertiary alicyclic amines) is 1. The SMILES string of the molecule is CCNC(=NCc1ncccc1C)NC1CN(C(C)C)CC1C. The minimum Gasteiger partial charge on any atom is -0.357 e. The molecule has 0 spiro atoms. The van der Waals surface area contributed by atoms with Gasteiger partial charge in [-0.25, -0.2) is 4.99 Å². The van der Waals surface area contributed by atoms with E-state index in [2.05, 4.69) is 61.2 Å². The monoisotopic (exact) mass is 317 g/mol. The summed E-state index contributed by atoms with van der Waals surface area (Å²) in [5, 5.41) is 6.97. The maximum absolute atomic E-state index is 4.73. The summed E-state index contributed by atoms with van der Waals surface area (Å²) < 4.78 is 0. The minimum absolute atomic E-state index is 0.444. The number of rotatable bonds is 5. The van der Waals surface area contributed by atoms with Gasteiger partial charge in [0.1, 0.15) is 0 Å². The maximum atomic E-state index is 4.73. The Morgan fingerprint density at radius 3 is 2.83 bits per heavy atom. The molecule has 0 bridgehead atoms. The number of pyridine rings is 1. The standard InChI is InChI=1S/C18H31N5/c1-6-19-18(21-10-16-14(4)8-7-9-20-16)22-17-12-23(13(2)3)11-15(17)5/h7-9,13,15,17H,6,10-12H2,1-5H3,(H2,19,21,22). The highest BCUT2D eigenvalue weighted by Crippen LogP contribution is 2.18. The smallest absolute Gasteiger partial charge is 0.191 e. The van der Waals surface area contributed by atoms with Crippen molar-refractivity contribution in [2.75, 3.05) is 19.6 Å². The quantitative estimate of drug-likeness (QED) is 0.645. The van der Waals surface area contributed by atoms with Crippen LogP contribution in [0.15, 0.2) is 23.3 Å². The van der Waals surface area contributed by atoms with Crippen molar-refractivity contribution in [3.05, 3.63) is 29.6 Å². The van der Waals surface area contributed by atoms with E-state index in [1.165, 1.54) is 5.56 Å². The van der Waals surface area contributed by atoms with E-state index in [1.807, 2.05) is 12.3 Å². The highest BCUT2D eigenvalue weighted by molar-refractivity contribution is 5.80. The molecule has 5 heteroatoms. The van der Waals surface area contributed by atoms with Crippen LogP contribution in [0.5, 0.6) is 0 Å². The lowest BCUT2D eigenvalue weighted by Crippen LogP contribution is -2.46. The second kappa shape index (κ2) is 8.29. The molecule has 1 aromatic rings. The maximum Gasteiger partial charge on any atom is 0.191 e. The summed E-state index contributed by atoms with van der Waals surface area (Å²) in [5.74, 6) is 1.51. The number of hydrogen-bond donors (Lipinski definition) is 2. The van der Waals surface area contributed by atoms with Crippen molar-refractivity contribution >= 4 is 5.96 Å². The molecule has 1 saturated heterocycles. The fraction of sp³-hybridized carbons (Fsp3) is 0.667. The van der Waals surface area contributed by atoms with Crippen molar-refractivity contribution in [2.45, 2.75) is 53.2 Å². The van der Waals surface area contributed by atoms with Crippen LogP contribution in [-0.4, -0.2) is 47.6 Å². The van der Waals surface area contributed by atoms with E-state index in [-0.39, 0.29) is 0 Å². The van der Waals surface area contributed by atoms with Crippen LogP contribution >= 0.6 is 0 Å². The zero-order valence-electron chi connectivity index (χ0n) is 15.1. The predicted octanol–water partition coefficient (Wildman–Crippen LogP) is 2.17. The summed E-state index contributed by atoms with van der Waals surface area (Å²) in [6.07, 6.45) is 1.83. The molecule has 128 valence electrons. The number of hydrogen-bond acceptors (Lipinski definition) is 3. The van der Waals surface area contributed by atoms with Crippen molar-refractivity contribution in [3.8, 4) is 0 Å². The summed E-state index contributed by atoms with van der Waals surface area (Å²) in [6.45, 7) is 14.7. The first-order chi connectivity index (χ1) is 11.0. The van der Waals surface area contributed by atoms with Crippen LogP contribution in [0, 0.1) is 12.8 Å². The normalized spacial score (nSPS) is 22.6. The molecule has 0 amide bonds. The summed E-state index contributed by atoms with van der Waals surface area (Å²) in [5.41, 5.74) is 2.22. The molecule has 5 nitrogen and oxygen atoms in total. The Kier molecular flexibility index (Phi) is 6.39. The van der Waals surface area contributed by atoms with Crippen LogP contribution in [0.3, 0.4) is 0 Å². The molecule has 1 aliphatic heterocycles. The fourth-order valence-electron chi connectivity index (χ4n) is 2.95. The van der Waals surface area contributed by atoms with Gasteiger partial charge in [-0.1, -0.05) is 13.0 Å². The number of aliphatic imine (C=N–C) groups is 1. The van der Waals surface area contributed by atoms with Crippen LogP contribution in [-0.2, 0) is 6.54 Å². The molecule has 0 saturated carbocycles. The second-order valence-electron chi connectivity index (χ2n) is 6.74. The molecule has 2 unspecified atom stereocenters. The van der Waals surface area contributed by atoms with E-state index in [0.29, 0.717) is 24.5 Å². The van der Waals surface area contributed by atoms with Crippen molar-refractivity contribution in [1.82, 2.24) is 20.5 Å². The molecule has 23 heavy (non-hydrogen) atoms.